The number of halogens is 2. The van der Waals surface area contributed by atoms with Crippen molar-refractivity contribution in [2.24, 2.45) is 0 Å². The largest absolute Gasteiger partial charge is 0.324 e. The van der Waals surface area contributed by atoms with Gasteiger partial charge in [-0.3, -0.25) is 4.79 Å². The third-order valence-electron chi connectivity index (χ3n) is 3.45. The number of aromatic nitrogens is 4. The summed E-state index contributed by atoms with van der Waals surface area (Å²) in [6.07, 6.45) is 1.79. The molecule has 8 heteroatoms. The molecule has 1 atom stereocenters. The van der Waals surface area contributed by atoms with E-state index in [0.29, 0.717) is 12.1 Å². The Kier molecular flexibility index (Phi) is 4.81. The summed E-state index contributed by atoms with van der Waals surface area (Å²) in [6.45, 7) is 0. The molecule has 2 aromatic carbocycles. The molecule has 0 saturated heterocycles. The highest BCUT2D eigenvalue weighted by molar-refractivity contribution is 6.31. The minimum absolute atomic E-state index is 0.0603. The molecule has 0 bridgehead atoms. The van der Waals surface area contributed by atoms with Gasteiger partial charge in [0.2, 0.25) is 5.91 Å². The average molecular weight is 346 g/mol. The van der Waals surface area contributed by atoms with Gasteiger partial charge in [-0.2, -0.15) is 0 Å². The van der Waals surface area contributed by atoms with E-state index in [1.165, 1.54) is 29.2 Å². The summed E-state index contributed by atoms with van der Waals surface area (Å²) in [4.78, 5) is 12.6. The number of nitrogens with one attached hydrogen (secondary N) is 1. The Hall–Kier alpha value is -2.80. The van der Waals surface area contributed by atoms with E-state index in [-0.39, 0.29) is 10.9 Å². The lowest BCUT2D eigenvalue weighted by molar-refractivity contribution is -0.119. The zero-order chi connectivity index (χ0) is 16.9. The van der Waals surface area contributed by atoms with Gasteiger partial charge in [-0.05, 0) is 34.2 Å². The van der Waals surface area contributed by atoms with Crippen molar-refractivity contribution >= 4 is 23.2 Å². The highest BCUT2D eigenvalue weighted by atomic mass is 35.5. The van der Waals surface area contributed by atoms with Crippen LogP contribution in [-0.2, 0) is 11.2 Å². The molecule has 1 amide bonds. The summed E-state index contributed by atoms with van der Waals surface area (Å²) < 4.78 is 14.6. The summed E-state index contributed by atoms with van der Waals surface area (Å²) in [5, 5.41) is 13.6. The van der Waals surface area contributed by atoms with E-state index in [4.69, 9.17) is 11.6 Å². The van der Waals surface area contributed by atoms with Gasteiger partial charge in [0.15, 0.2) is 0 Å². The molecule has 0 aliphatic rings. The van der Waals surface area contributed by atoms with Crippen molar-refractivity contribution in [3.05, 3.63) is 71.3 Å². The fourth-order valence-corrected chi connectivity index (χ4v) is 2.43. The van der Waals surface area contributed by atoms with E-state index in [0.717, 1.165) is 5.56 Å². The molecule has 3 rings (SSSR count). The number of carbonyl (C=O) groups is 1. The van der Waals surface area contributed by atoms with Gasteiger partial charge >= 0.3 is 0 Å². The zero-order valence-corrected chi connectivity index (χ0v) is 13.2. The van der Waals surface area contributed by atoms with Crippen LogP contribution in [0.15, 0.2) is 54.9 Å². The highest BCUT2D eigenvalue weighted by Crippen LogP contribution is 2.21. The first-order valence-electron chi connectivity index (χ1n) is 7.16. The smallest absolute Gasteiger partial charge is 0.249 e. The van der Waals surface area contributed by atoms with Gasteiger partial charge in [0.1, 0.15) is 18.2 Å². The molecular weight excluding hydrogens is 333 g/mol. The molecular formula is C16H13ClFN5O. The molecule has 0 fully saturated rings. The maximum atomic E-state index is 13.2. The van der Waals surface area contributed by atoms with Gasteiger partial charge in [0.25, 0.3) is 0 Å². The van der Waals surface area contributed by atoms with Crippen LogP contribution in [0.25, 0.3) is 0 Å². The fourth-order valence-electron chi connectivity index (χ4n) is 2.25. The third kappa shape index (κ3) is 3.75. The number of anilines is 1. The summed E-state index contributed by atoms with van der Waals surface area (Å²) in [6, 6.07) is 12.9. The Labute approximate surface area is 142 Å². The standard InChI is InChI=1S/C16H13ClFN5O/c17-13-9-12(6-7-14(13)18)20-16(24)15(23-10-19-21-22-23)8-11-4-2-1-3-5-11/h1-7,9-10,15H,8H2,(H,20,24). The molecule has 1 aromatic heterocycles. The molecule has 3 aromatic rings. The first kappa shape index (κ1) is 16.1. The number of benzene rings is 2. The van der Waals surface area contributed by atoms with Crippen molar-refractivity contribution in [2.75, 3.05) is 5.32 Å². The van der Waals surface area contributed by atoms with Crippen LogP contribution in [0.3, 0.4) is 0 Å². The zero-order valence-electron chi connectivity index (χ0n) is 12.4. The second-order valence-corrected chi connectivity index (χ2v) is 5.52. The average Bonchev–Trinajstić information content (AvgIpc) is 3.11. The Balaban J connectivity index is 1.82. The van der Waals surface area contributed by atoms with E-state index < -0.39 is 11.9 Å². The van der Waals surface area contributed by atoms with Crippen LogP contribution in [-0.4, -0.2) is 26.1 Å². The Morgan fingerprint density at radius 1 is 1.25 bits per heavy atom. The summed E-state index contributed by atoms with van der Waals surface area (Å²) in [7, 11) is 0. The van der Waals surface area contributed by atoms with Gasteiger partial charge < -0.3 is 5.32 Å². The van der Waals surface area contributed by atoms with E-state index in [1.54, 1.807) is 0 Å². The van der Waals surface area contributed by atoms with Crippen LogP contribution >= 0.6 is 11.6 Å². The molecule has 0 radical (unpaired) electrons. The predicted molar refractivity (Wildman–Crippen MR) is 87.0 cm³/mol. The molecule has 1 N–H and O–H groups in total. The van der Waals surface area contributed by atoms with Crippen LogP contribution in [0.5, 0.6) is 0 Å². The molecule has 6 nitrogen and oxygen atoms in total. The second-order valence-electron chi connectivity index (χ2n) is 5.11. The molecule has 0 spiro atoms. The number of nitrogens with zero attached hydrogens (tertiary/aromatic N) is 4. The van der Waals surface area contributed by atoms with E-state index >= 15 is 0 Å². The molecule has 1 unspecified atom stereocenters. The van der Waals surface area contributed by atoms with Crippen molar-refractivity contribution in [1.82, 2.24) is 20.2 Å². The number of tetrazole rings is 1. The van der Waals surface area contributed by atoms with Crippen LogP contribution in [0.4, 0.5) is 10.1 Å². The number of rotatable bonds is 5. The Morgan fingerprint density at radius 2 is 2.04 bits per heavy atom. The van der Waals surface area contributed by atoms with E-state index in [9.17, 15) is 9.18 Å². The minimum Gasteiger partial charge on any atom is -0.324 e. The first-order chi connectivity index (χ1) is 11.6. The lowest BCUT2D eigenvalue weighted by Crippen LogP contribution is -2.28. The summed E-state index contributed by atoms with van der Waals surface area (Å²) in [5.41, 5.74) is 1.36. The van der Waals surface area contributed by atoms with Crippen molar-refractivity contribution in [2.45, 2.75) is 12.5 Å². The van der Waals surface area contributed by atoms with Crippen molar-refractivity contribution in [3.63, 3.8) is 0 Å². The van der Waals surface area contributed by atoms with Gasteiger partial charge in [0, 0.05) is 12.1 Å². The van der Waals surface area contributed by atoms with Crippen molar-refractivity contribution in [1.29, 1.82) is 0 Å². The number of hydrogen-bond acceptors (Lipinski definition) is 4. The lowest BCUT2D eigenvalue weighted by atomic mass is 10.1. The lowest BCUT2D eigenvalue weighted by Gasteiger charge is -2.16. The Morgan fingerprint density at radius 3 is 2.71 bits per heavy atom. The van der Waals surface area contributed by atoms with Crippen molar-refractivity contribution in [3.8, 4) is 0 Å². The molecule has 122 valence electrons. The SMILES string of the molecule is O=C(Nc1ccc(F)c(Cl)c1)C(Cc1ccccc1)n1cnnn1. The normalized spacial score (nSPS) is 11.9. The third-order valence-corrected chi connectivity index (χ3v) is 3.74. The monoisotopic (exact) mass is 345 g/mol. The number of hydrogen-bond donors (Lipinski definition) is 1. The van der Waals surface area contributed by atoms with E-state index in [2.05, 4.69) is 20.8 Å². The molecule has 0 saturated carbocycles. The van der Waals surface area contributed by atoms with Crippen molar-refractivity contribution < 1.29 is 9.18 Å². The fraction of sp³-hybridized carbons (Fsp3) is 0.125. The van der Waals surface area contributed by atoms with Gasteiger partial charge in [-0.25, -0.2) is 9.07 Å². The van der Waals surface area contributed by atoms with Gasteiger partial charge in [-0.15, -0.1) is 5.10 Å². The molecule has 0 aliphatic heterocycles. The highest BCUT2D eigenvalue weighted by Gasteiger charge is 2.22. The minimum atomic E-state index is -0.647. The molecule has 0 aliphatic carbocycles. The topological polar surface area (TPSA) is 72.7 Å². The predicted octanol–water partition coefficient (Wildman–Crippen LogP) is 2.89. The first-order valence-corrected chi connectivity index (χ1v) is 7.53. The maximum Gasteiger partial charge on any atom is 0.249 e. The maximum absolute atomic E-state index is 13.2. The quantitative estimate of drug-likeness (QED) is 0.771. The van der Waals surface area contributed by atoms with Gasteiger partial charge in [-0.1, -0.05) is 41.9 Å². The molecule has 1 heterocycles. The van der Waals surface area contributed by atoms with Crippen LogP contribution in [0, 0.1) is 5.82 Å². The van der Waals surface area contributed by atoms with Crippen LogP contribution in [0.1, 0.15) is 11.6 Å². The number of amides is 1. The van der Waals surface area contributed by atoms with Crippen LogP contribution < -0.4 is 5.32 Å². The molecule has 24 heavy (non-hydrogen) atoms. The Bertz CT molecular complexity index is 826. The number of carbonyl (C=O) groups excluding carboxylic acids is 1. The second kappa shape index (κ2) is 7.18. The van der Waals surface area contributed by atoms with Gasteiger partial charge in [0.05, 0.1) is 5.02 Å². The summed E-state index contributed by atoms with van der Waals surface area (Å²) in [5.74, 6) is -0.871. The van der Waals surface area contributed by atoms with Crippen LogP contribution in [0.2, 0.25) is 5.02 Å². The van der Waals surface area contributed by atoms with E-state index in [1.807, 2.05) is 30.3 Å². The summed E-state index contributed by atoms with van der Waals surface area (Å²) >= 11 is 5.74.